The van der Waals surface area contributed by atoms with Gasteiger partial charge in [-0.15, -0.1) is 13.2 Å². The second kappa shape index (κ2) is 11.3. The summed E-state index contributed by atoms with van der Waals surface area (Å²) in [4.78, 5) is 17.3. The van der Waals surface area contributed by atoms with Gasteiger partial charge in [0.05, 0.1) is 23.7 Å². The quantitative estimate of drug-likeness (QED) is 0.469. The summed E-state index contributed by atoms with van der Waals surface area (Å²) in [5.74, 6) is -6.77. The highest BCUT2D eigenvalue weighted by Crippen LogP contribution is 2.36. The van der Waals surface area contributed by atoms with Gasteiger partial charge in [-0.25, -0.2) is 35.4 Å². The standard InChI is InChI=1S/C24H24F8N4O4S.H2/c1-13-17(26)9-19(36(13)41(38,39)16-4-2-15(25)3-5-16)22(37)34-10-14-8-21(33-11-18(14)27)35-7-6-20(23(28,29)12-35)40-24(30,31)32;/h2-5,8,11,13,17,19-20H,6-7,9-10,12H2,1H3,(H,34,37);1H/t13-,17+,19-,20-;/m0./s1. The molecule has 0 saturated carbocycles. The molecule has 2 fully saturated rings. The number of carbonyl (C=O) groups is 1. The summed E-state index contributed by atoms with van der Waals surface area (Å²) in [6, 6.07) is 1.93. The fraction of sp³-hybridized carbons (Fsp3) is 0.500. The van der Waals surface area contributed by atoms with E-state index in [2.05, 4.69) is 15.0 Å². The van der Waals surface area contributed by atoms with E-state index >= 15 is 0 Å². The number of halogens is 8. The smallest absolute Gasteiger partial charge is 0.351 e. The van der Waals surface area contributed by atoms with Crippen molar-refractivity contribution in [1.82, 2.24) is 14.6 Å². The monoisotopic (exact) mass is 618 g/mol. The van der Waals surface area contributed by atoms with Crippen LogP contribution >= 0.6 is 0 Å². The lowest BCUT2D eigenvalue weighted by atomic mass is 10.0. The minimum atomic E-state index is -5.26. The van der Waals surface area contributed by atoms with Gasteiger partial charge in [0, 0.05) is 26.5 Å². The second-order valence-corrected chi connectivity index (χ2v) is 11.5. The van der Waals surface area contributed by atoms with Crippen molar-refractivity contribution in [1.29, 1.82) is 0 Å². The first-order chi connectivity index (χ1) is 19.0. The van der Waals surface area contributed by atoms with Crippen LogP contribution < -0.4 is 10.2 Å². The number of nitrogens with one attached hydrogen (secondary N) is 1. The molecule has 1 N–H and O–H groups in total. The summed E-state index contributed by atoms with van der Waals surface area (Å²) in [6.07, 6.45) is -9.95. The van der Waals surface area contributed by atoms with Crippen molar-refractivity contribution < 1.29 is 54.5 Å². The van der Waals surface area contributed by atoms with Crippen LogP contribution in [0.15, 0.2) is 41.4 Å². The first-order valence-electron chi connectivity index (χ1n) is 12.2. The number of carbonyl (C=O) groups excluding carboxylic acids is 1. The number of hydrogen-bond acceptors (Lipinski definition) is 6. The lowest BCUT2D eigenvalue weighted by Crippen LogP contribution is -2.54. The van der Waals surface area contributed by atoms with Crippen LogP contribution in [0.2, 0.25) is 0 Å². The number of amides is 1. The van der Waals surface area contributed by atoms with E-state index in [1.54, 1.807) is 0 Å². The van der Waals surface area contributed by atoms with Gasteiger partial charge in [-0.1, -0.05) is 0 Å². The van der Waals surface area contributed by atoms with Crippen molar-refractivity contribution in [3.63, 3.8) is 0 Å². The number of piperidine rings is 1. The van der Waals surface area contributed by atoms with Crippen LogP contribution in [0.3, 0.4) is 0 Å². The molecule has 1 aromatic carbocycles. The molecule has 8 nitrogen and oxygen atoms in total. The van der Waals surface area contributed by atoms with E-state index in [-0.39, 0.29) is 24.2 Å². The number of hydrogen-bond donors (Lipinski definition) is 1. The highest BCUT2D eigenvalue weighted by molar-refractivity contribution is 7.89. The van der Waals surface area contributed by atoms with Crippen LogP contribution in [-0.2, 0) is 26.1 Å². The summed E-state index contributed by atoms with van der Waals surface area (Å²) in [5.41, 5.74) is -0.254. The normalized spacial score (nSPS) is 25.3. The highest BCUT2D eigenvalue weighted by Gasteiger charge is 2.51. The van der Waals surface area contributed by atoms with Crippen molar-refractivity contribution in [3.05, 3.63) is 53.7 Å². The lowest BCUT2D eigenvalue weighted by molar-refractivity contribution is -0.366. The van der Waals surface area contributed by atoms with Crippen LogP contribution in [0.5, 0.6) is 0 Å². The first-order valence-corrected chi connectivity index (χ1v) is 13.7. The van der Waals surface area contributed by atoms with E-state index < -0.39 is 90.1 Å². The van der Waals surface area contributed by atoms with Crippen LogP contribution in [0.4, 0.5) is 40.9 Å². The molecule has 2 aromatic rings. The van der Waals surface area contributed by atoms with Crippen molar-refractivity contribution in [2.24, 2.45) is 0 Å². The molecular weight excluding hydrogens is 592 g/mol. The van der Waals surface area contributed by atoms with Crippen molar-refractivity contribution in [3.8, 4) is 0 Å². The molecule has 228 valence electrons. The lowest BCUT2D eigenvalue weighted by Gasteiger charge is -2.38. The fourth-order valence-electron chi connectivity index (χ4n) is 4.79. The van der Waals surface area contributed by atoms with Gasteiger partial charge in [-0.3, -0.25) is 9.53 Å². The fourth-order valence-corrected chi connectivity index (χ4v) is 6.60. The van der Waals surface area contributed by atoms with E-state index in [1.165, 1.54) is 6.92 Å². The third-order valence-electron chi connectivity index (χ3n) is 6.88. The molecule has 4 atom stereocenters. The third kappa shape index (κ3) is 6.72. The molecule has 0 radical (unpaired) electrons. The van der Waals surface area contributed by atoms with Gasteiger partial charge in [-0.05, 0) is 43.7 Å². The minimum absolute atomic E-state index is 0. The number of anilines is 1. The molecule has 2 aliphatic rings. The Morgan fingerprint density at radius 1 is 1.22 bits per heavy atom. The van der Waals surface area contributed by atoms with E-state index in [9.17, 15) is 48.3 Å². The molecular formula is C24H26F8N4O4S. The Morgan fingerprint density at radius 2 is 1.88 bits per heavy atom. The van der Waals surface area contributed by atoms with Crippen LogP contribution in [0.25, 0.3) is 0 Å². The predicted octanol–water partition coefficient (Wildman–Crippen LogP) is 4.16. The van der Waals surface area contributed by atoms with E-state index in [4.69, 9.17) is 0 Å². The summed E-state index contributed by atoms with van der Waals surface area (Å²) in [7, 11) is -4.45. The molecule has 0 spiro atoms. The summed E-state index contributed by atoms with van der Waals surface area (Å²) >= 11 is 0. The van der Waals surface area contributed by atoms with Gasteiger partial charge in [0.2, 0.25) is 15.9 Å². The zero-order valence-corrected chi connectivity index (χ0v) is 22.0. The Hall–Kier alpha value is -3.05. The topological polar surface area (TPSA) is 91.8 Å². The van der Waals surface area contributed by atoms with Gasteiger partial charge in [-0.2, -0.15) is 4.31 Å². The number of nitrogens with zero attached hydrogens (tertiary/aromatic N) is 3. The van der Waals surface area contributed by atoms with E-state index in [1.807, 2.05) is 0 Å². The average Bonchev–Trinajstić information content (AvgIpc) is 3.18. The molecule has 0 bridgehead atoms. The Labute approximate surface area is 230 Å². The van der Waals surface area contributed by atoms with Crippen LogP contribution in [0.1, 0.15) is 26.8 Å². The zero-order valence-electron chi connectivity index (χ0n) is 21.2. The van der Waals surface area contributed by atoms with Crippen molar-refractivity contribution in [2.45, 2.75) is 67.8 Å². The number of rotatable bonds is 7. The van der Waals surface area contributed by atoms with Gasteiger partial charge >= 0.3 is 6.36 Å². The Bertz CT molecular complexity index is 1380. The van der Waals surface area contributed by atoms with E-state index in [0.29, 0.717) is 10.5 Å². The Morgan fingerprint density at radius 3 is 2.49 bits per heavy atom. The number of aromatic nitrogens is 1. The Balaban J connectivity index is 0.00000484. The van der Waals surface area contributed by atoms with Crippen molar-refractivity contribution >= 4 is 21.7 Å². The van der Waals surface area contributed by atoms with E-state index in [0.717, 1.165) is 35.2 Å². The van der Waals surface area contributed by atoms with Crippen molar-refractivity contribution in [2.75, 3.05) is 18.0 Å². The molecule has 17 heteroatoms. The van der Waals surface area contributed by atoms with Crippen LogP contribution in [0, 0.1) is 11.6 Å². The largest absolute Gasteiger partial charge is 0.522 e. The molecule has 41 heavy (non-hydrogen) atoms. The molecule has 1 aromatic heterocycles. The molecule has 3 heterocycles. The molecule has 0 unspecified atom stereocenters. The van der Waals surface area contributed by atoms with Gasteiger partial charge < -0.3 is 10.2 Å². The number of benzene rings is 1. The third-order valence-corrected chi connectivity index (χ3v) is 8.89. The second-order valence-electron chi connectivity index (χ2n) is 9.67. The Kier molecular flexibility index (Phi) is 8.53. The van der Waals surface area contributed by atoms with Gasteiger partial charge in [0.15, 0.2) is 0 Å². The highest BCUT2D eigenvalue weighted by atomic mass is 32.2. The average molecular weight is 619 g/mol. The number of pyridine rings is 1. The molecule has 0 aliphatic carbocycles. The molecule has 4 rings (SSSR count). The summed E-state index contributed by atoms with van der Waals surface area (Å²) in [6.45, 7) is -0.843. The maximum absolute atomic E-state index is 14.6. The molecule has 2 aliphatic heterocycles. The predicted molar refractivity (Wildman–Crippen MR) is 129 cm³/mol. The zero-order chi connectivity index (χ0) is 30.3. The number of alkyl halides is 6. The van der Waals surface area contributed by atoms with Gasteiger partial charge in [0.1, 0.15) is 35.8 Å². The van der Waals surface area contributed by atoms with Crippen LogP contribution in [-0.4, -0.2) is 73.3 Å². The summed E-state index contributed by atoms with van der Waals surface area (Å²) in [5, 5.41) is 2.31. The minimum Gasteiger partial charge on any atom is -0.351 e. The first kappa shape index (κ1) is 30.9. The number of ether oxygens (including phenoxy) is 1. The van der Waals surface area contributed by atoms with Gasteiger partial charge in [0.25, 0.3) is 5.92 Å². The SMILES string of the molecule is C[C@H]1[C@H](F)C[C@@H](C(=O)NCc2cc(N3CC[C@H](OC(F)(F)F)C(F)(F)C3)ncc2F)N1S(=O)(=O)c1ccc(F)cc1.[HH]. The summed E-state index contributed by atoms with van der Waals surface area (Å²) < 4.78 is 139. The maximum Gasteiger partial charge on any atom is 0.522 e. The maximum atomic E-state index is 14.6. The molecule has 1 amide bonds. The molecule has 2 saturated heterocycles. The number of sulfonamides is 1.